The van der Waals surface area contributed by atoms with Crippen molar-refractivity contribution in [3.63, 3.8) is 0 Å². The topological polar surface area (TPSA) is 49.9 Å². The zero-order chi connectivity index (χ0) is 14.0. The van der Waals surface area contributed by atoms with Crippen LogP contribution in [0, 0.1) is 0 Å². The Labute approximate surface area is 112 Å². The van der Waals surface area contributed by atoms with Gasteiger partial charge in [-0.1, -0.05) is 30.3 Å². The van der Waals surface area contributed by atoms with E-state index in [1.54, 1.807) is 26.0 Å². The normalized spacial score (nSPS) is 23.3. The van der Waals surface area contributed by atoms with E-state index in [2.05, 4.69) is 0 Å². The lowest BCUT2D eigenvalue weighted by Crippen LogP contribution is -2.52. The van der Waals surface area contributed by atoms with Gasteiger partial charge in [0, 0.05) is 21.1 Å². The van der Waals surface area contributed by atoms with Gasteiger partial charge in [-0.3, -0.25) is 9.59 Å². The molecular formula is C14H18N2O3. The first-order chi connectivity index (χ1) is 9.02. The maximum Gasteiger partial charge on any atom is 0.253 e. The van der Waals surface area contributed by atoms with Gasteiger partial charge in [-0.15, -0.1) is 0 Å². The van der Waals surface area contributed by atoms with Crippen LogP contribution < -0.4 is 0 Å². The molecule has 0 spiro atoms. The number of morpholine rings is 1. The molecule has 2 unspecified atom stereocenters. The van der Waals surface area contributed by atoms with E-state index in [1.165, 1.54) is 4.90 Å². The first-order valence-corrected chi connectivity index (χ1v) is 6.15. The van der Waals surface area contributed by atoms with Gasteiger partial charge in [0.1, 0.15) is 6.61 Å². The highest BCUT2D eigenvalue weighted by atomic mass is 16.5. The molecule has 2 rings (SSSR count). The Bertz CT molecular complexity index is 473. The lowest BCUT2D eigenvalue weighted by molar-refractivity contribution is -0.166. The van der Waals surface area contributed by atoms with Crippen LogP contribution >= 0.6 is 0 Å². The second kappa shape index (κ2) is 5.40. The molecule has 5 heteroatoms. The number of carbonyl (C=O) groups excluding carboxylic acids is 2. The average molecular weight is 262 g/mol. The van der Waals surface area contributed by atoms with E-state index < -0.39 is 6.10 Å². The first kappa shape index (κ1) is 13.5. The van der Waals surface area contributed by atoms with Crippen LogP contribution in [0.5, 0.6) is 0 Å². The number of rotatable bonds is 2. The Morgan fingerprint density at radius 1 is 1.32 bits per heavy atom. The lowest BCUT2D eigenvalue weighted by Gasteiger charge is -2.39. The van der Waals surface area contributed by atoms with Crippen LogP contribution in [0.2, 0.25) is 0 Å². The van der Waals surface area contributed by atoms with E-state index in [0.717, 1.165) is 5.56 Å². The van der Waals surface area contributed by atoms with Crippen molar-refractivity contribution in [2.24, 2.45) is 0 Å². The predicted molar refractivity (Wildman–Crippen MR) is 70.4 cm³/mol. The molecule has 1 aliphatic heterocycles. The zero-order valence-electron chi connectivity index (χ0n) is 11.4. The number of amides is 2. The fourth-order valence-electron chi connectivity index (χ4n) is 2.22. The van der Waals surface area contributed by atoms with Crippen LogP contribution in [0.3, 0.4) is 0 Å². The van der Waals surface area contributed by atoms with Crippen molar-refractivity contribution in [1.82, 2.24) is 9.80 Å². The molecule has 1 heterocycles. The Hall–Kier alpha value is -1.88. The van der Waals surface area contributed by atoms with Crippen LogP contribution in [0.1, 0.15) is 11.6 Å². The lowest BCUT2D eigenvalue weighted by atomic mass is 9.97. The average Bonchev–Trinajstić information content (AvgIpc) is 2.41. The van der Waals surface area contributed by atoms with E-state index in [0.29, 0.717) is 0 Å². The first-order valence-electron chi connectivity index (χ1n) is 6.15. The summed E-state index contributed by atoms with van der Waals surface area (Å²) in [7, 11) is 5.08. The zero-order valence-corrected chi connectivity index (χ0v) is 11.4. The fourth-order valence-corrected chi connectivity index (χ4v) is 2.22. The molecule has 1 saturated heterocycles. The highest BCUT2D eigenvalue weighted by Gasteiger charge is 2.40. The smallest absolute Gasteiger partial charge is 0.253 e. The quantitative estimate of drug-likeness (QED) is 0.787. The molecule has 1 aromatic carbocycles. The maximum absolute atomic E-state index is 12.2. The molecular weight excluding hydrogens is 244 g/mol. The molecule has 102 valence electrons. The molecule has 0 saturated carbocycles. The summed E-state index contributed by atoms with van der Waals surface area (Å²) < 4.78 is 5.47. The highest BCUT2D eigenvalue weighted by Crippen LogP contribution is 2.29. The van der Waals surface area contributed by atoms with E-state index >= 15 is 0 Å². The third-order valence-electron chi connectivity index (χ3n) is 3.31. The van der Waals surface area contributed by atoms with Gasteiger partial charge in [-0.2, -0.15) is 0 Å². The second-order valence-corrected chi connectivity index (χ2v) is 4.82. The van der Waals surface area contributed by atoms with E-state index in [9.17, 15) is 9.59 Å². The number of ether oxygens (including phenoxy) is 1. The maximum atomic E-state index is 12.2. The summed E-state index contributed by atoms with van der Waals surface area (Å²) in [5.41, 5.74) is 0.901. The minimum absolute atomic E-state index is 0.0515. The molecule has 1 aliphatic rings. The van der Waals surface area contributed by atoms with Gasteiger partial charge in [0.25, 0.3) is 5.91 Å². The summed E-state index contributed by atoms with van der Waals surface area (Å²) in [6, 6.07) is 9.10. The van der Waals surface area contributed by atoms with Gasteiger partial charge < -0.3 is 14.5 Å². The van der Waals surface area contributed by atoms with Crippen molar-refractivity contribution in [2.45, 2.75) is 12.1 Å². The summed E-state index contributed by atoms with van der Waals surface area (Å²) >= 11 is 0. The van der Waals surface area contributed by atoms with Crippen molar-refractivity contribution >= 4 is 11.8 Å². The van der Waals surface area contributed by atoms with Gasteiger partial charge in [0.2, 0.25) is 5.91 Å². The summed E-state index contributed by atoms with van der Waals surface area (Å²) in [4.78, 5) is 27.1. The Kier molecular flexibility index (Phi) is 3.85. The van der Waals surface area contributed by atoms with Crippen LogP contribution in [-0.2, 0) is 14.3 Å². The fraction of sp³-hybridized carbons (Fsp3) is 0.429. The summed E-state index contributed by atoms with van der Waals surface area (Å²) in [6.45, 7) is -0.0515. The molecule has 19 heavy (non-hydrogen) atoms. The molecule has 0 aromatic heterocycles. The van der Waals surface area contributed by atoms with Gasteiger partial charge in [-0.25, -0.2) is 0 Å². The summed E-state index contributed by atoms with van der Waals surface area (Å²) in [5.74, 6) is -0.245. The van der Waals surface area contributed by atoms with Crippen LogP contribution in [0.25, 0.3) is 0 Å². The molecule has 5 nitrogen and oxygen atoms in total. The largest absolute Gasteiger partial charge is 0.356 e. The molecule has 2 amide bonds. The van der Waals surface area contributed by atoms with Crippen molar-refractivity contribution < 1.29 is 14.3 Å². The van der Waals surface area contributed by atoms with Crippen LogP contribution in [0.15, 0.2) is 30.3 Å². The standard InChI is InChI=1S/C14H18N2O3/c1-15(2)14(18)13-12(10-7-5-4-6-8-10)16(3)11(17)9-19-13/h4-8,12-13H,9H2,1-3H3. The number of benzene rings is 1. The van der Waals surface area contributed by atoms with E-state index in [-0.39, 0.29) is 24.5 Å². The minimum Gasteiger partial charge on any atom is -0.356 e. The van der Waals surface area contributed by atoms with Crippen molar-refractivity contribution in [1.29, 1.82) is 0 Å². The number of carbonyl (C=O) groups is 2. The van der Waals surface area contributed by atoms with E-state index in [4.69, 9.17) is 4.74 Å². The van der Waals surface area contributed by atoms with Gasteiger partial charge in [0.15, 0.2) is 6.10 Å². The van der Waals surface area contributed by atoms with Gasteiger partial charge >= 0.3 is 0 Å². The Balaban J connectivity index is 2.36. The Morgan fingerprint density at radius 2 is 1.95 bits per heavy atom. The number of likely N-dealkylation sites (N-methyl/N-ethyl adjacent to an activating group) is 2. The highest BCUT2D eigenvalue weighted by molar-refractivity contribution is 5.86. The molecule has 1 aromatic rings. The van der Waals surface area contributed by atoms with Crippen LogP contribution in [0.4, 0.5) is 0 Å². The van der Waals surface area contributed by atoms with E-state index in [1.807, 2.05) is 30.3 Å². The van der Waals surface area contributed by atoms with Crippen molar-refractivity contribution in [2.75, 3.05) is 27.7 Å². The Morgan fingerprint density at radius 3 is 2.53 bits per heavy atom. The molecule has 0 aliphatic carbocycles. The van der Waals surface area contributed by atoms with Crippen molar-refractivity contribution in [3.8, 4) is 0 Å². The molecule has 0 radical (unpaired) electrons. The third-order valence-corrected chi connectivity index (χ3v) is 3.31. The third kappa shape index (κ3) is 2.61. The number of nitrogens with zero attached hydrogens (tertiary/aromatic N) is 2. The predicted octanol–water partition coefficient (Wildman–Crippen LogP) is 0.673. The minimum atomic E-state index is -0.653. The monoisotopic (exact) mass is 262 g/mol. The summed E-state index contributed by atoms with van der Waals surface area (Å²) in [5, 5.41) is 0. The number of hydrogen-bond acceptors (Lipinski definition) is 3. The summed E-state index contributed by atoms with van der Waals surface area (Å²) in [6.07, 6.45) is -0.653. The molecule has 1 fully saturated rings. The van der Waals surface area contributed by atoms with Gasteiger partial charge in [-0.05, 0) is 5.56 Å². The second-order valence-electron chi connectivity index (χ2n) is 4.82. The molecule has 0 N–H and O–H groups in total. The number of hydrogen-bond donors (Lipinski definition) is 0. The van der Waals surface area contributed by atoms with Gasteiger partial charge in [0.05, 0.1) is 6.04 Å². The molecule has 2 atom stereocenters. The van der Waals surface area contributed by atoms with Crippen LogP contribution in [-0.4, -0.2) is 55.5 Å². The molecule has 0 bridgehead atoms. The van der Waals surface area contributed by atoms with Crippen molar-refractivity contribution in [3.05, 3.63) is 35.9 Å². The SMILES string of the molecule is CN(C)C(=O)C1OCC(=O)N(C)C1c1ccccc1.